The largest absolute Gasteiger partial charge is 0.467 e. The number of carbonyl (C=O) groups is 1. The van der Waals surface area contributed by atoms with Gasteiger partial charge in [-0.1, -0.05) is 0 Å². The molecule has 0 bridgehead atoms. The molecule has 1 atom stereocenters. The molecular weight excluding hydrogens is 342 g/mol. The van der Waals surface area contributed by atoms with Crippen LogP contribution in [0.5, 0.6) is 0 Å². The molecule has 1 aliphatic rings. The molecule has 0 aliphatic carbocycles. The first kappa shape index (κ1) is 17.6. The van der Waals surface area contributed by atoms with Gasteiger partial charge in [-0.2, -0.15) is 4.31 Å². The summed E-state index contributed by atoms with van der Waals surface area (Å²) in [7, 11) is -3.55. The maximum atomic E-state index is 12.6. The van der Waals surface area contributed by atoms with Crippen molar-refractivity contribution < 1.29 is 17.6 Å². The molecule has 134 valence electrons. The lowest BCUT2D eigenvalue weighted by atomic mass is 9.97. The van der Waals surface area contributed by atoms with Crippen LogP contribution in [0.1, 0.15) is 31.6 Å². The summed E-state index contributed by atoms with van der Waals surface area (Å²) < 4.78 is 31.8. The van der Waals surface area contributed by atoms with Gasteiger partial charge in [0.2, 0.25) is 15.9 Å². The third-order valence-electron chi connectivity index (χ3n) is 4.43. The Morgan fingerprint density at radius 1 is 1.32 bits per heavy atom. The van der Waals surface area contributed by atoms with Crippen molar-refractivity contribution in [1.82, 2.24) is 14.6 Å². The van der Waals surface area contributed by atoms with Crippen LogP contribution in [0.2, 0.25) is 0 Å². The minimum absolute atomic E-state index is 0.0673. The lowest BCUT2D eigenvalue weighted by Crippen LogP contribution is -2.43. The number of hydrogen-bond acceptors (Lipinski definition) is 5. The molecule has 8 heteroatoms. The Hall–Kier alpha value is -2.19. The molecule has 1 amide bonds. The summed E-state index contributed by atoms with van der Waals surface area (Å²) in [6, 6.07) is 6.52. The molecule has 0 radical (unpaired) electrons. The van der Waals surface area contributed by atoms with Crippen molar-refractivity contribution in [2.75, 3.05) is 13.1 Å². The molecule has 25 heavy (non-hydrogen) atoms. The molecule has 0 spiro atoms. The van der Waals surface area contributed by atoms with Crippen molar-refractivity contribution in [3.05, 3.63) is 48.7 Å². The zero-order chi connectivity index (χ0) is 17.9. The molecule has 0 aromatic carbocycles. The maximum absolute atomic E-state index is 12.6. The fraction of sp³-hybridized carbons (Fsp3) is 0.412. The normalized spacial score (nSPS) is 18.0. The van der Waals surface area contributed by atoms with Crippen LogP contribution in [-0.2, 0) is 14.8 Å². The van der Waals surface area contributed by atoms with E-state index in [9.17, 15) is 13.2 Å². The average molecular weight is 363 g/mol. The number of rotatable bonds is 5. The topological polar surface area (TPSA) is 92.5 Å². The van der Waals surface area contributed by atoms with Gasteiger partial charge in [0.15, 0.2) is 0 Å². The quantitative estimate of drug-likeness (QED) is 0.876. The first-order chi connectivity index (χ1) is 12.0. The first-order valence-electron chi connectivity index (χ1n) is 8.22. The molecule has 3 heterocycles. The number of aromatic nitrogens is 1. The van der Waals surface area contributed by atoms with Crippen LogP contribution in [0.4, 0.5) is 0 Å². The van der Waals surface area contributed by atoms with E-state index in [1.165, 1.54) is 22.8 Å². The van der Waals surface area contributed by atoms with Crippen molar-refractivity contribution in [2.45, 2.75) is 30.7 Å². The summed E-state index contributed by atoms with van der Waals surface area (Å²) in [5.41, 5.74) is 0. The highest BCUT2D eigenvalue weighted by atomic mass is 32.2. The smallest absolute Gasteiger partial charge is 0.244 e. The summed E-state index contributed by atoms with van der Waals surface area (Å²) in [5.74, 6) is 0.435. The summed E-state index contributed by atoms with van der Waals surface area (Å²) in [6.45, 7) is 2.51. The molecule has 7 nitrogen and oxygen atoms in total. The van der Waals surface area contributed by atoms with Gasteiger partial charge < -0.3 is 9.73 Å². The molecular formula is C17H21N3O4S. The van der Waals surface area contributed by atoms with Crippen LogP contribution in [0.15, 0.2) is 52.2 Å². The van der Waals surface area contributed by atoms with Gasteiger partial charge in [0.05, 0.1) is 12.3 Å². The predicted octanol–water partition coefficient (Wildman–Crippen LogP) is 1.95. The number of pyridine rings is 1. The number of nitrogens with zero attached hydrogens (tertiary/aromatic N) is 2. The lowest BCUT2D eigenvalue weighted by Gasteiger charge is -2.30. The molecule has 3 rings (SSSR count). The second-order valence-electron chi connectivity index (χ2n) is 6.11. The van der Waals surface area contributed by atoms with Gasteiger partial charge in [-0.3, -0.25) is 9.78 Å². The van der Waals surface area contributed by atoms with Crippen molar-refractivity contribution in [3.63, 3.8) is 0 Å². The highest BCUT2D eigenvalue weighted by Crippen LogP contribution is 2.24. The molecule has 1 aliphatic heterocycles. The van der Waals surface area contributed by atoms with E-state index in [2.05, 4.69) is 10.3 Å². The van der Waals surface area contributed by atoms with Crippen LogP contribution in [0.25, 0.3) is 0 Å². The van der Waals surface area contributed by atoms with E-state index in [0.717, 1.165) is 0 Å². The Morgan fingerprint density at radius 2 is 2.08 bits per heavy atom. The van der Waals surface area contributed by atoms with Crippen LogP contribution in [0, 0.1) is 5.92 Å². The number of nitrogens with one attached hydrogen (secondary N) is 1. The van der Waals surface area contributed by atoms with E-state index in [0.29, 0.717) is 31.7 Å². The number of hydrogen-bond donors (Lipinski definition) is 1. The number of furan rings is 1. The van der Waals surface area contributed by atoms with E-state index in [1.54, 1.807) is 18.4 Å². The third-order valence-corrected chi connectivity index (χ3v) is 6.31. The predicted molar refractivity (Wildman–Crippen MR) is 91.0 cm³/mol. The Balaban J connectivity index is 1.57. The number of sulfonamides is 1. The van der Waals surface area contributed by atoms with E-state index >= 15 is 0 Å². The fourth-order valence-electron chi connectivity index (χ4n) is 2.95. The fourth-order valence-corrected chi connectivity index (χ4v) is 4.38. The Bertz CT molecular complexity index is 798. The van der Waals surface area contributed by atoms with E-state index < -0.39 is 10.0 Å². The van der Waals surface area contributed by atoms with Gasteiger partial charge in [-0.15, -0.1) is 0 Å². The van der Waals surface area contributed by atoms with Crippen molar-refractivity contribution in [3.8, 4) is 0 Å². The molecule has 1 fully saturated rings. The molecule has 1 saturated heterocycles. The van der Waals surface area contributed by atoms with Gasteiger partial charge in [-0.25, -0.2) is 8.42 Å². The van der Waals surface area contributed by atoms with Crippen molar-refractivity contribution in [2.24, 2.45) is 5.92 Å². The van der Waals surface area contributed by atoms with Gasteiger partial charge in [0.25, 0.3) is 0 Å². The van der Waals surface area contributed by atoms with E-state index in [-0.39, 0.29) is 22.8 Å². The number of piperidine rings is 1. The Kier molecular flexibility index (Phi) is 5.19. The van der Waals surface area contributed by atoms with E-state index in [4.69, 9.17) is 4.42 Å². The van der Waals surface area contributed by atoms with Crippen molar-refractivity contribution in [1.29, 1.82) is 0 Å². The maximum Gasteiger partial charge on any atom is 0.244 e. The van der Waals surface area contributed by atoms with Crippen LogP contribution in [-0.4, -0.2) is 36.7 Å². The number of carbonyl (C=O) groups excluding carboxylic acids is 1. The van der Waals surface area contributed by atoms with E-state index in [1.807, 2.05) is 13.0 Å². The van der Waals surface area contributed by atoms with Crippen LogP contribution in [0.3, 0.4) is 0 Å². The standard InChI is InChI=1S/C17H21N3O4S/c1-13(16-5-3-11-24-16)19-17(21)14-6-9-20(10-7-14)25(22,23)15-4-2-8-18-12-15/h2-5,8,11-14H,6-7,9-10H2,1H3,(H,19,21). The second-order valence-corrected chi connectivity index (χ2v) is 8.05. The zero-order valence-electron chi connectivity index (χ0n) is 14.0. The van der Waals surface area contributed by atoms with Gasteiger partial charge in [-0.05, 0) is 44.0 Å². The summed E-state index contributed by atoms with van der Waals surface area (Å²) in [6.07, 6.45) is 5.45. The SMILES string of the molecule is CC(NC(=O)C1CCN(S(=O)(=O)c2cccnc2)CC1)c1ccco1. The highest BCUT2D eigenvalue weighted by Gasteiger charge is 2.32. The molecule has 0 saturated carbocycles. The third kappa shape index (κ3) is 3.91. The number of amides is 1. The summed E-state index contributed by atoms with van der Waals surface area (Å²) in [4.78, 5) is 16.5. The first-order valence-corrected chi connectivity index (χ1v) is 9.66. The Labute approximate surface area is 147 Å². The zero-order valence-corrected chi connectivity index (χ0v) is 14.8. The molecule has 1 unspecified atom stereocenters. The Morgan fingerprint density at radius 3 is 2.68 bits per heavy atom. The molecule has 2 aromatic heterocycles. The lowest BCUT2D eigenvalue weighted by molar-refractivity contribution is -0.126. The average Bonchev–Trinajstić information content (AvgIpc) is 3.17. The van der Waals surface area contributed by atoms with Gasteiger partial charge >= 0.3 is 0 Å². The van der Waals surface area contributed by atoms with Gasteiger partial charge in [0, 0.05) is 31.4 Å². The molecule has 2 aromatic rings. The summed E-state index contributed by atoms with van der Waals surface area (Å²) in [5, 5.41) is 2.93. The van der Waals surface area contributed by atoms with Crippen molar-refractivity contribution >= 4 is 15.9 Å². The second kappa shape index (κ2) is 7.37. The highest BCUT2D eigenvalue weighted by molar-refractivity contribution is 7.89. The molecule has 1 N–H and O–H groups in total. The monoisotopic (exact) mass is 363 g/mol. The van der Waals surface area contributed by atoms with Crippen LogP contribution < -0.4 is 5.32 Å². The minimum Gasteiger partial charge on any atom is -0.467 e. The summed E-state index contributed by atoms with van der Waals surface area (Å²) >= 11 is 0. The minimum atomic E-state index is -3.55. The van der Waals surface area contributed by atoms with Crippen LogP contribution >= 0.6 is 0 Å². The van der Waals surface area contributed by atoms with Gasteiger partial charge in [0.1, 0.15) is 10.7 Å².